The molecule has 3 aromatic rings. The summed E-state index contributed by atoms with van der Waals surface area (Å²) < 4.78 is 0.982. The lowest BCUT2D eigenvalue weighted by Crippen LogP contribution is -2.38. The van der Waals surface area contributed by atoms with Gasteiger partial charge in [0.1, 0.15) is 0 Å². The maximum absolute atomic E-state index is 13.0. The number of rotatable bonds is 8. The highest BCUT2D eigenvalue weighted by Crippen LogP contribution is 2.31. The van der Waals surface area contributed by atoms with E-state index in [-0.39, 0.29) is 5.91 Å². The topological polar surface area (TPSA) is 36.4 Å². The number of carbonyl (C=O) groups is 1. The summed E-state index contributed by atoms with van der Waals surface area (Å²) in [7, 11) is 0. The van der Waals surface area contributed by atoms with Crippen LogP contribution in [0.25, 0.3) is 16.3 Å². The molecular weight excluding hydrogens is 390 g/mol. The largest absolute Gasteiger partial charge is 0.302 e. The third-order valence-electron chi connectivity index (χ3n) is 4.59. The van der Waals surface area contributed by atoms with Gasteiger partial charge in [0.25, 0.3) is 5.91 Å². The van der Waals surface area contributed by atoms with Crippen molar-refractivity contribution in [3.05, 3.63) is 65.2 Å². The second kappa shape index (κ2) is 9.82. The number of benzene rings is 2. The number of hydrogen-bond acceptors (Lipinski definition) is 4. The van der Waals surface area contributed by atoms with Crippen molar-refractivity contribution in [2.24, 2.45) is 0 Å². The molecule has 0 aliphatic carbocycles. The minimum absolute atomic E-state index is 0.0684. The molecule has 0 N–H and O–H groups in total. The maximum Gasteiger partial charge on any atom is 0.252 e. The van der Waals surface area contributed by atoms with E-state index >= 15 is 0 Å². The summed E-state index contributed by atoms with van der Waals surface area (Å²) >= 11 is 7.60. The number of thiazole rings is 1. The Morgan fingerprint density at radius 3 is 2.57 bits per heavy atom. The molecule has 1 heterocycles. The molecule has 2 aromatic carbocycles. The molecule has 6 heteroatoms. The van der Waals surface area contributed by atoms with Gasteiger partial charge in [-0.25, -0.2) is 4.98 Å². The molecule has 0 bridgehead atoms. The normalized spacial score (nSPS) is 11.6. The summed E-state index contributed by atoms with van der Waals surface area (Å²) in [4.78, 5) is 21.7. The Morgan fingerprint density at radius 1 is 1.11 bits per heavy atom. The summed E-state index contributed by atoms with van der Waals surface area (Å²) in [5.74, 6) is -0.0684. The van der Waals surface area contributed by atoms with E-state index in [4.69, 9.17) is 11.6 Å². The van der Waals surface area contributed by atoms with Crippen LogP contribution in [-0.4, -0.2) is 42.0 Å². The molecule has 28 heavy (non-hydrogen) atoms. The maximum atomic E-state index is 13.0. The second-order valence-electron chi connectivity index (χ2n) is 6.37. The number of aromatic nitrogens is 1. The number of anilines is 1. The summed E-state index contributed by atoms with van der Waals surface area (Å²) in [6.45, 7) is 7.55. The van der Waals surface area contributed by atoms with E-state index in [2.05, 4.69) is 23.7 Å². The van der Waals surface area contributed by atoms with Crippen molar-refractivity contribution < 1.29 is 4.79 Å². The molecule has 0 spiro atoms. The molecule has 1 amide bonds. The number of likely N-dealkylation sites (N-methyl/N-ethyl adjacent to an activating group) is 1. The van der Waals surface area contributed by atoms with Crippen molar-refractivity contribution in [1.29, 1.82) is 0 Å². The van der Waals surface area contributed by atoms with Gasteiger partial charge in [0.2, 0.25) is 0 Å². The first-order valence-electron chi connectivity index (χ1n) is 9.43. The average Bonchev–Trinajstić information content (AvgIpc) is 3.13. The predicted octanol–water partition coefficient (Wildman–Crippen LogP) is 5.34. The highest BCUT2D eigenvalue weighted by atomic mass is 35.5. The van der Waals surface area contributed by atoms with Crippen LogP contribution < -0.4 is 4.90 Å². The fraction of sp³-hybridized carbons (Fsp3) is 0.273. The van der Waals surface area contributed by atoms with E-state index in [1.165, 1.54) is 11.3 Å². The Morgan fingerprint density at radius 2 is 1.86 bits per heavy atom. The summed E-state index contributed by atoms with van der Waals surface area (Å²) in [6.07, 6.45) is 3.47. The number of amides is 1. The van der Waals surface area contributed by atoms with Gasteiger partial charge >= 0.3 is 0 Å². The van der Waals surface area contributed by atoms with Crippen molar-refractivity contribution >= 4 is 50.3 Å². The first-order chi connectivity index (χ1) is 13.6. The van der Waals surface area contributed by atoms with E-state index < -0.39 is 0 Å². The molecule has 0 atom stereocenters. The van der Waals surface area contributed by atoms with Crippen LogP contribution in [0.5, 0.6) is 0 Å². The van der Waals surface area contributed by atoms with Gasteiger partial charge in [0.15, 0.2) is 5.13 Å². The number of carbonyl (C=O) groups excluding carboxylic acids is 1. The van der Waals surface area contributed by atoms with E-state index in [1.54, 1.807) is 11.0 Å². The number of halogens is 1. The summed E-state index contributed by atoms with van der Waals surface area (Å²) in [6, 6.07) is 15.4. The zero-order valence-corrected chi connectivity index (χ0v) is 17.7. The molecule has 1 aromatic heterocycles. The minimum Gasteiger partial charge on any atom is -0.302 e. The van der Waals surface area contributed by atoms with Crippen molar-refractivity contribution in [1.82, 2.24) is 9.88 Å². The molecular formula is C22H24ClN3OS. The Bertz CT molecular complexity index is 951. The summed E-state index contributed by atoms with van der Waals surface area (Å²) in [5, 5.41) is 1.37. The van der Waals surface area contributed by atoms with Crippen LogP contribution in [-0.2, 0) is 4.79 Å². The molecule has 146 valence electrons. The van der Waals surface area contributed by atoms with Crippen molar-refractivity contribution in [2.45, 2.75) is 13.8 Å². The van der Waals surface area contributed by atoms with E-state index in [0.717, 1.165) is 35.4 Å². The van der Waals surface area contributed by atoms with Crippen LogP contribution in [0, 0.1) is 0 Å². The lowest BCUT2D eigenvalue weighted by Gasteiger charge is -2.23. The van der Waals surface area contributed by atoms with Gasteiger partial charge in [-0.15, -0.1) is 0 Å². The second-order valence-corrected chi connectivity index (χ2v) is 7.81. The number of fused-ring (bicyclic) bond motifs is 1. The fourth-order valence-electron chi connectivity index (χ4n) is 2.90. The smallest absolute Gasteiger partial charge is 0.252 e. The molecule has 0 saturated heterocycles. The van der Waals surface area contributed by atoms with Gasteiger partial charge in [-0.1, -0.05) is 67.1 Å². The van der Waals surface area contributed by atoms with Gasteiger partial charge in [-0.3, -0.25) is 9.69 Å². The average molecular weight is 414 g/mol. The van der Waals surface area contributed by atoms with Crippen molar-refractivity contribution in [3.8, 4) is 0 Å². The molecule has 0 saturated carbocycles. The lowest BCUT2D eigenvalue weighted by atomic mass is 10.2. The van der Waals surface area contributed by atoms with Crippen LogP contribution >= 0.6 is 22.9 Å². The van der Waals surface area contributed by atoms with Crippen LogP contribution in [0.3, 0.4) is 0 Å². The Kier molecular flexibility index (Phi) is 7.20. The van der Waals surface area contributed by atoms with Crippen LogP contribution in [0.1, 0.15) is 19.4 Å². The molecule has 0 unspecified atom stereocenters. The zero-order chi connectivity index (χ0) is 19.9. The van der Waals surface area contributed by atoms with E-state index in [9.17, 15) is 4.79 Å². The van der Waals surface area contributed by atoms with Gasteiger partial charge in [-0.2, -0.15) is 0 Å². The Labute approximate surface area is 175 Å². The molecule has 0 radical (unpaired) electrons. The van der Waals surface area contributed by atoms with E-state index in [0.29, 0.717) is 16.7 Å². The molecule has 0 aliphatic rings. The summed E-state index contributed by atoms with van der Waals surface area (Å²) in [5.41, 5.74) is 1.85. The van der Waals surface area contributed by atoms with Gasteiger partial charge in [0, 0.05) is 24.2 Å². The Balaban J connectivity index is 1.86. The molecule has 4 nitrogen and oxygen atoms in total. The van der Waals surface area contributed by atoms with Gasteiger partial charge < -0.3 is 4.90 Å². The SMILES string of the molecule is CCN(CC)CCN(C(=O)/C=C/c1ccccc1)c1nc2ccc(Cl)cc2s1. The number of nitrogens with zero attached hydrogens (tertiary/aromatic N) is 3. The number of hydrogen-bond donors (Lipinski definition) is 0. The first-order valence-corrected chi connectivity index (χ1v) is 10.6. The first kappa shape index (κ1) is 20.5. The standard InChI is InChI=1S/C22H24ClN3OS/c1-3-25(4-2)14-15-26(21(27)13-10-17-8-6-5-7-9-17)22-24-19-12-11-18(23)16-20(19)28-22/h5-13,16H,3-4,14-15H2,1-2H3/b13-10+. The third kappa shape index (κ3) is 5.19. The molecule has 0 fully saturated rings. The Hall–Kier alpha value is -2.21. The third-order valence-corrected chi connectivity index (χ3v) is 5.86. The van der Waals surface area contributed by atoms with Crippen molar-refractivity contribution in [2.75, 3.05) is 31.1 Å². The highest BCUT2D eigenvalue weighted by Gasteiger charge is 2.18. The lowest BCUT2D eigenvalue weighted by molar-refractivity contribution is -0.114. The van der Waals surface area contributed by atoms with E-state index in [1.807, 2.05) is 54.6 Å². The van der Waals surface area contributed by atoms with Crippen molar-refractivity contribution in [3.63, 3.8) is 0 Å². The molecule has 0 aliphatic heterocycles. The fourth-order valence-corrected chi connectivity index (χ4v) is 4.18. The minimum atomic E-state index is -0.0684. The van der Waals surface area contributed by atoms with Gasteiger partial charge in [-0.05, 0) is 42.9 Å². The van der Waals surface area contributed by atoms with Crippen LogP contribution in [0.4, 0.5) is 5.13 Å². The quantitative estimate of drug-likeness (QED) is 0.468. The molecule has 3 rings (SSSR count). The highest BCUT2D eigenvalue weighted by molar-refractivity contribution is 7.22. The van der Waals surface area contributed by atoms with Gasteiger partial charge in [0.05, 0.1) is 10.2 Å². The van der Waals surface area contributed by atoms with Crippen LogP contribution in [0.15, 0.2) is 54.6 Å². The van der Waals surface area contributed by atoms with Crippen LogP contribution in [0.2, 0.25) is 5.02 Å². The zero-order valence-electron chi connectivity index (χ0n) is 16.1. The monoisotopic (exact) mass is 413 g/mol. The predicted molar refractivity (Wildman–Crippen MR) is 120 cm³/mol.